The molecule has 2 atom stereocenters. The molecule has 16 heavy (non-hydrogen) atoms. The van der Waals surface area contributed by atoms with E-state index in [-0.39, 0.29) is 18.1 Å². The van der Waals surface area contributed by atoms with Crippen LogP contribution in [-0.4, -0.2) is 48.2 Å². The molecular formula is C12H24N2O2. The normalized spacial score (nSPS) is 23.6. The summed E-state index contributed by atoms with van der Waals surface area (Å²) >= 11 is 0. The Morgan fingerprint density at radius 2 is 2.25 bits per heavy atom. The van der Waals surface area contributed by atoms with E-state index in [1.54, 1.807) is 11.8 Å². The SMILES string of the molecule is CC(O)CCN(C)C(=O)C1CCCCCN1. The van der Waals surface area contributed by atoms with Crippen LogP contribution >= 0.6 is 0 Å². The molecule has 0 saturated carbocycles. The van der Waals surface area contributed by atoms with Crippen molar-refractivity contribution in [3.63, 3.8) is 0 Å². The molecule has 1 rings (SSSR count). The summed E-state index contributed by atoms with van der Waals surface area (Å²) in [5.74, 6) is 0.169. The number of nitrogens with zero attached hydrogens (tertiary/aromatic N) is 1. The first kappa shape index (κ1) is 13.5. The van der Waals surface area contributed by atoms with Crippen LogP contribution in [0.15, 0.2) is 0 Å². The Balaban J connectivity index is 2.35. The highest BCUT2D eigenvalue weighted by Gasteiger charge is 2.22. The van der Waals surface area contributed by atoms with Gasteiger partial charge in [0.1, 0.15) is 0 Å². The first-order chi connectivity index (χ1) is 7.61. The van der Waals surface area contributed by atoms with E-state index in [4.69, 9.17) is 0 Å². The van der Waals surface area contributed by atoms with Gasteiger partial charge in [-0.3, -0.25) is 4.79 Å². The van der Waals surface area contributed by atoms with Crippen molar-refractivity contribution in [3.05, 3.63) is 0 Å². The molecule has 0 bridgehead atoms. The van der Waals surface area contributed by atoms with E-state index in [0.29, 0.717) is 13.0 Å². The van der Waals surface area contributed by atoms with Gasteiger partial charge in [-0.25, -0.2) is 0 Å². The Hall–Kier alpha value is -0.610. The van der Waals surface area contributed by atoms with Crippen molar-refractivity contribution in [3.8, 4) is 0 Å². The number of hydrogen-bond donors (Lipinski definition) is 2. The first-order valence-corrected chi connectivity index (χ1v) is 6.27. The summed E-state index contributed by atoms with van der Waals surface area (Å²) in [6, 6.07) is -0.0125. The largest absolute Gasteiger partial charge is 0.393 e. The fourth-order valence-corrected chi connectivity index (χ4v) is 2.00. The Morgan fingerprint density at radius 3 is 2.94 bits per heavy atom. The van der Waals surface area contributed by atoms with Gasteiger partial charge in [0.25, 0.3) is 0 Å². The molecule has 0 radical (unpaired) electrons. The standard InChI is InChI=1S/C12H24N2O2/c1-10(15)7-9-14(2)12(16)11-6-4-3-5-8-13-11/h10-11,13,15H,3-9H2,1-2H3. The van der Waals surface area contributed by atoms with Gasteiger partial charge in [0, 0.05) is 13.6 Å². The maximum Gasteiger partial charge on any atom is 0.239 e. The molecule has 1 fully saturated rings. The van der Waals surface area contributed by atoms with Crippen LogP contribution in [0, 0.1) is 0 Å². The molecule has 94 valence electrons. The summed E-state index contributed by atoms with van der Waals surface area (Å²) in [6.45, 7) is 3.33. The molecule has 4 heteroatoms. The molecule has 1 aliphatic rings. The van der Waals surface area contributed by atoms with Crippen LogP contribution in [0.1, 0.15) is 39.0 Å². The number of likely N-dealkylation sites (N-methyl/N-ethyl adjacent to an activating group) is 1. The summed E-state index contributed by atoms with van der Waals surface area (Å²) in [5, 5.41) is 12.5. The van der Waals surface area contributed by atoms with Crippen LogP contribution in [-0.2, 0) is 4.79 Å². The minimum absolute atomic E-state index is 0.0125. The van der Waals surface area contributed by atoms with Gasteiger partial charge in [0.15, 0.2) is 0 Å². The van der Waals surface area contributed by atoms with E-state index in [9.17, 15) is 9.90 Å². The van der Waals surface area contributed by atoms with Gasteiger partial charge in [0.05, 0.1) is 12.1 Å². The molecule has 0 aromatic heterocycles. The van der Waals surface area contributed by atoms with Crippen LogP contribution in [0.2, 0.25) is 0 Å². The molecule has 1 saturated heterocycles. The third kappa shape index (κ3) is 4.49. The van der Waals surface area contributed by atoms with Crippen LogP contribution < -0.4 is 5.32 Å². The first-order valence-electron chi connectivity index (χ1n) is 6.27. The second-order valence-corrected chi connectivity index (χ2v) is 4.75. The fraction of sp³-hybridized carbons (Fsp3) is 0.917. The number of carbonyl (C=O) groups is 1. The zero-order valence-electron chi connectivity index (χ0n) is 10.4. The van der Waals surface area contributed by atoms with Gasteiger partial charge in [-0.2, -0.15) is 0 Å². The van der Waals surface area contributed by atoms with E-state index < -0.39 is 0 Å². The number of carbonyl (C=O) groups excluding carboxylic acids is 1. The van der Waals surface area contributed by atoms with Gasteiger partial charge in [0.2, 0.25) is 5.91 Å². The third-order valence-electron chi connectivity index (χ3n) is 3.12. The quantitative estimate of drug-likeness (QED) is 0.746. The van der Waals surface area contributed by atoms with Gasteiger partial charge in [-0.1, -0.05) is 12.8 Å². The van der Waals surface area contributed by atoms with Crippen molar-refractivity contribution in [1.82, 2.24) is 10.2 Å². The highest BCUT2D eigenvalue weighted by atomic mass is 16.3. The minimum atomic E-state index is -0.336. The molecule has 1 aliphatic heterocycles. The Bertz CT molecular complexity index is 211. The van der Waals surface area contributed by atoms with Crippen molar-refractivity contribution in [2.75, 3.05) is 20.1 Å². The third-order valence-corrected chi connectivity index (χ3v) is 3.12. The Labute approximate surface area is 98.0 Å². The monoisotopic (exact) mass is 228 g/mol. The number of amides is 1. The molecule has 2 unspecified atom stereocenters. The van der Waals surface area contributed by atoms with Crippen LogP contribution in [0.5, 0.6) is 0 Å². The topological polar surface area (TPSA) is 52.6 Å². The number of hydrogen-bond acceptors (Lipinski definition) is 3. The average Bonchev–Trinajstić information content (AvgIpc) is 2.53. The number of aliphatic hydroxyl groups excluding tert-OH is 1. The summed E-state index contributed by atoms with van der Waals surface area (Å²) in [4.78, 5) is 13.8. The molecule has 4 nitrogen and oxygen atoms in total. The van der Waals surface area contributed by atoms with Gasteiger partial charge < -0.3 is 15.3 Å². The number of rotatable bonds is 4. The molecule has 1 heterocycles. The number of aliphatic hydroxyl groups is 1. The van der Waals surface area contributed by atoms with E-state index in [0.717, 1.165) is 19.4 Å². The van der Waals surface area contributed by atoms with Crippen molar-refractivity contribution in [2.24, 2.45) is 0 Å². The fourth-order valence-electron chi connectivity index (χ4n) is 2.00. The lowest BCUT2D eigenvalue weighted by Crippen LogP contribution is -2.45. The highest BCUT2D eigenvalue weighted by Crippen LogP contribution is 2.10. The molecule has 0 aromatic carbocycles. The van der Waals surface area contributed by atoms with Crippen molar-refractivity contribution in [2.45, 2.75) is 51.2 Å². The summed E-state index contributed by atoms with van der Waals surface area (Å²) in [6.07, 6.45) is 4.77. The smallest absolute Gasteiger partial charge is 0.239 e. The van der Waals surface area contributed by atoms with Gasteiger partial charge in [-0.05, 0) is 32.7 Å². The van der Waals surface area contributed by atoms with E-state index in [1.807, 2.05) is 7.05 Å². The second-order valence-electron chi connectivity index (χ2n) is 4.75. The number of nitrogens with one attached hydrogen (secondary N) is 1. The molecule has 0 aliphatic carbocycles. The van der Waals surface area contributed by atoms with E-state index >= 15 is 0 Å². The summed E-state index contributed by atoms with van der Waals surface area (Å²) < 4.78 is 0. The van der Waals surface area contributed by atoms with Crippen LogP contribution in [0.4, 0.5) is 0 Å². The lowest BCUT2D eigenvalue weighted by atomic mass is 10.1. The van der Waals surface area contributed by atoms with E-state index in [2.05, 4.69) is 5.32 Å². The predicted molar refractivity (Wildman–Crippen MR) is 64.2 cm³/mol. The lowest BCUT2D eigenvalue weighted by Gasteiger charge is -2.24. The van der Waals surface area contributed by atoms with E-state index in [1.165, 1.54) is 12.8 Å². The summed E-state index contributed by atoms with van der Waals surface area (Å²) in [5.41, 5.74) is 0. The Morgan fingerprint density at radius 1 is 1.50 bits per heavy atom. The van der Waals surface area contributed by atoms with Crippen LogP contribution in [0.3, 0.4) is 0 Å². The summed E-state index contributed by atoms with van der Waals surface area (Å²) in [7, 11) is 1.82. The van der Waals surface area contributed by atoms with Crippen molar-refractivity contribution < 1.29 is 9.90 Å². The molecular weight excluding hydrogens is 204 g/mol. The molecule has 2 N–H and O–H groups in total. The van der Waals surface area contributed by atoms with Crippen molar-refractivity contribution in [1.29, 1.82) is 0 Å². The maximum absolute atomic E-state index is 12.0. The lowest BCUT2D eigenvalue weighted by molar-refractivity contribution is -0.132. The Kier molecular flexibility index (Phi) is 5.77. The molecule has 1 amide bonds. The van der Waals surface area contributed by atoms with Crippen molar-refractivity contribution >= 4 is 5.91 Å². The van der Waals surface area contributed by atoms with Gasteiger partial charge >= 0.3 is 0 Å². The average molecular weight is 228 g/mol. The molecule has 0 spiro atoms. The highest BCUT2D eigenvalue weighted by molar-refractivity contribution is 5.81. The van der Waals surface area contributed by atoms with Gasteiger partial charge in [-0.15, -0.1) is 0 Å². The molecule has 0 aromatic rings. The second kappa shape index (κ2) is 6.86. The minimum Gasteiger partial charge on any atom is -0.393 e. The maximum atomic E-state index is 12.0. The van der Waals surface area contributed by atoms with Crippen LogP contribution in [0.25, 0.3) is 0 Å². The zero-order valence-corrected chi connectivity index (χ0v) is 10.4. The predicted octanol–water partition coefficient (Wildman–Crippen LogP) is 0.748. The zero-order chi connectivity index (χ0) is 12.0.